The molecule has 2 heterocycles. The van der Waals surface area contributed by atoms with Gasteiger partial charge in [-0.15, -0.1) is 0 Å². The largest absolute Gasteiger partial charge is 0.496 e. The standard InChI is InChI=1S/C25H33N5O3/c1-16-26-9-8-22(28-16)10-18-4-5-19-13-30(14-23(18)19)15-25(32)27-12-20-11-21(29-17(2)31)6-7-24(20)33-3/h6-9,11,18-19,23H,4-5,10,12-15H2,1-3H3,(H,27,32)(H,29,31)/t18-,19-,23-/m1/s1. The van der Waals surface area contributed by atoms with Gasteiger partial charge in [0.2, 0.25) is 11.8 Å². The maximum absolute atomic E-state index is 12.7. The fourth-order valence-electron chi connectivity index (χ4n) is 5.39. The Labute approximate surface area is 195 Å². The Hall–Kier alpha value is -3.00. The third-order valence-corrected chi connectivity index (χ3v) is 6.83. The first kappa shape index (κ1) is 23.2. The Morgan fingerprint density at radius 3 is 2.82 bits per heavy atom. The molecule has 33 heavy (non-hydrogen) atoms. The van der Waals surface area contributed by atoms with Crippen LogP contribution in [0.5, 0.6) is 5.75 Å². The van der Waals surface area contributed by atoms with E-state index in [9.17, 15) is 9.59 Å². The molecule has 2 fully saturated rings. The highest BCUT2D eigenvalue weighted by molar-refractivity contribution is 5.88. The SMILES string of the molecule is COc1ccc(NC(C)=O)cc1CNC(=O)CN1C[C@H]2CC[C@H](Cc3ccnc(C)n3)[C@H]2C1. The molecule has 0 radical (unpaired) electrons. The lowest BCUT2D eigenvalue weighted by Crippen LogP contribution is -2.36. The van der Waals surface area contributed by atoms with Crippen molar-refractivity contribution < 1.29 is 14.3 Å². The number of anilines is 1. The van der Waals surface area contributed by atoms with Gasteiger partial charge in [0, 0.05) is 49.7 Å². The van der Waals surface area contributed by atoms with Crippen LogP contribution in [0.2, 0.25) is 0 Å². The number of hydrogen-bond donors (Lipinski definition) is 2. The zero-order valence-corrected chi connectivity index (χ0v) is 19.6. The van der Waals surface area contributed by atoms with Gasteiger partial charge in [-0.25, -0.2) is 9.97 Å². The van der Waals surface area contributed by atoms with Crippen LogP contribution in [-0.2, 0) is 22.6 Å². The van der Waals surface area contributed by atoms with Gasteiger partial charge < -0.3 is 15.4 Å². The first-order valence-electron chi connectivity index (χ1n) is 11.6. The smallest absolute Gasteiger partial charge is 0.234 e. The predicted octanol–water partition coefficient (Wildman–Crippen LogP) is 2.57. The molecule has 1 aromatic carbocycles. The molecule has 1 aromatic heterocycles. The molecule has 2 amide bonds. The molecule has 2 aliphatic rings. The summed E-state index contributed by atoms with van der Waals surface area (Å²) in [6, 6.07) is 7.44. The molecule has 8 nitrogen and oxygen atoms in total. The number of nitrogens with one attached hydrogen (secondary N) is 2. The summed E-state index contributed by atoms with van der Waals surface area (Å²) < 4.78 is 5.41. The number of methoxy groups -OCH3 is 1. The van der Waals surface area contributed by atoms with Crippen molar-refractivity contribution in [3.05, 3.63) is 47.5 Å². The number of ether oxygens (including phenoxy) is 1. The van der Waals surface area contributed by atoms with Crippen LogP contribution in [0.3, 0.4) is 0 Å². The van der Waals surface area contributed by atoms with Gasteiger partial charge in [0.05, 0.1) is 13.7 Å². The minimum atomic E-state index is -0.136. The van der Waals surface area contributed by atoms with Crippen molar-refractivity contribution in [1.82, 2.24) is 20.2 Å². The predicted molar refractivity (Wildman–Crippen MR) is 126 cm³/mol. The van der Waals surface area contributed by atoms with Crippen molar-refractivity contribution in [3.8, 4) is 5.75 Å². The summed E-state index contributed by atoms with van der Waals surface area (Å²) in [6.07, 6.45) is 5.30. The maximum atomic E-state index is 12.7. The minimum absolute atomic E-state index is 0.00457. The van der Waals surface area contributed by atoms with E-state index in [2.05, 4.69) is 25.5 Å². The third-order valence-electron chi connectivity index (χ3n) is 6.83. The quantitative estimate of drug-likeness (QED) is 0.640. The number of aryl methyl sites for hydroxylation is 1. The Kier molecular flexibility index (Phi) is 7.23. The summed E-state index contributed by atoms with van der Waals surface area (Å²) in [5.74, 6) is 3.29. The van der Waals surface area contributed by atoms with E-state index in [4.69, 9.17) is 4.74 Å². The highest BCUT2D eigenvalue weighted by atomic mass is 16.5. The molecule has 2 N–H and O–H groups in total. The van der Waals surface area contributed by atoms with Crippen LogP contribution < -0.4 is 15.4 Å². The summed E-state index contributed by atoms with van der Waals surface area (Å²) in [5, 5.41) is 5.78. The monoisotopic (exact) mass is 451 g/mol. The Balaban J connectivity index is 1.29. The zero-order valence-electron chi connectivity index (χ0n) is 19.6. The second kappa shape index (κ2) is 10.3. The van der Waals surface area contributed by atoms with Crippen molar-refractivity contribution >= 4 is 17.5 Å². The van der Waals surface area contributed by atoms with E-state index in [1.165, 1.54) is 19.8 Å². The lowest BCUT2D eigenvalue weighted by atomic mass is 9.89. The normalized spacial score (nSPS) is 22.1. The molecule has 1 aliphatic carbocycles. The molecule has 2 aromatic rings. The summed E-state index contributed by atoms with van der Waals surface area (Å²) in [4.78, 5) is 35.1. The number of likely N-dealkylation sites (tertiary alicyclic amines) is 1. The van der Waals surface area contributed by atoms with Gasteiger partial charge in [-0.3, -0.25) is 14.5 Å². The average molecular weight is 452 g/mol. The Bertz CT molecular complexity index is 1010. The lowest BCUT2D eigenvalue weighted by Gasteiger charge is -2.20. The highest BCUT2D eigenvalue weighted by Gasteiger charge is 2.42. The summed E-state index contributed by atoms with van der Waals surface area (Å²) in [5.41, 5.74) is 2.64. The highest BCUT2D eigenvalue weighted by Crippen LogP contribution is 2.43. The fourth-order valence-corrected chi connectivity index (χ4v) is 5.39. The van der Waals surface area contributed by atoms with Crippen molar-refractivity contribution in [2.24, 2.45) is 17.8 Å². The van der Waals surface area contributed by atoms with E-state index in [0.29, 0.717) is 42.3 Å². The van der Waals surface area contributed by atoms with E-state index < -0.39 is 0 Å². The van der Waals surface area contributed by atoms with Gasteiger partial charge in [0.15, 0.2) is 0 Å². The maximum Gasteiger partial charge on any atom is 0.234 e. The van der Waals surface area contributed by atoms with Crippen LogP contribution in [0, 0.1) is 24.7 Å². The van der Waals surface area contributed by atoms with Gasteiger partial charge in [-0.05, 0) is 68.2 Å². The van der Waals surface area contributed by atoms with Crippen molar-refractivity contribution in [3.63, 3.8) is 0 Å². The molecule has 0 bridgehead atoms. The minimum Gasteiger partial charge on any atom is -0.496 e. The zero-order chi connectivity index (χ0) is 23.4. The number of fused-ring (bicyclic) bond motifs is 1. The Morgan fingerprint density at radius 2 is 2.06 bits per heavy atom. The number of nitrogens with zero attached hydrogens (tertiary/aromatic N) is 3. The van der Waals surface area contributed by atoms with Gasteiger partial charge >= 0.3 is 0 Å². The van der Waals surface area contributed by atoms with Gasteiger partial charge in [0.1, 0.15) is 11.6 Å². The molecule has 3 atom stereocenters. The average Bonchev–Trinajstić information content (AvgIpc) is 3.33. The van der Waals surface area contributed by atoms with Gasteiger partial charge in [-0.2, -0.15) is 0 Å². The van der Waals surface area contributed by atoms with E-state index in [1.807, 2.05) is 25.3 Å². The lowest BCUT2D eigenvalue weighted by molar-refractivity contribution is -0.122. The molecule has 1 saturated heterocycles. The van der Waals surface area contributed by atoms with Gasteiger partial charge in [-0.1, -0.05) is 0 Å². The van der Waals surface area contributed by atoms with E-state index in [1.54, 1.807) is 19.2 Å². The number of rotatable bonds is 8. The van der Waals surface area contributed by atoms with Crippen LogP contribution in [0.1, 0.15) is 36.8 Å². The molecular formula is C25H33N5O3. The first-order valence-corrected chi connectivity index (χ1v) is 11.6. The molecule has 0 spiro atoms. The van der Waals surface area contributed by atoms with Crippen molar-refractivity contribution in [2.45, 2.75) is 39.7 Å². The second-order valence-corrected chi connectivity index (χ2v) is 9.24. The first-order chi connectivity index (χ1) is 15.9. The van der Waals surface area contributed by atoms with E-state index >= 15 is 0 Å². The number of carbonyl (C=O) groups is 2. The summed E-state index contributed by atoms with van der Waals surface area (Å²) in [6.45, 7) is 6.11. The summed E-state index contributed by atoms with van der Waals surface area (Å²) in [7, 11) is 1.60. The van der Waals surface area contributed by atoms with Crippen LogP contribution in [0.4, 0.5) is 5.69 Å². The number of amides is 2. The molecule has 1 saturated carbocycles. The topological polar surface area (TPSA) is 96.5 Å². The third kappa shape index (κ3) is 5.87. The molecule has 1 aliphatic heterocycles. The Morgan fingerprint density at radius 1 is 1.21 bits per heavy atom. The van der Waals surface area contributed by atoms with Crippen molar-refractivity contribution in [1.29, 1.82) is 0 Å². The van der Waals surface area contributed by atoms with Crippen LogP contribution in [0.15, 0.2) is 30.5 Å². The molecule has 4 rings (SSSR count). The number of benzene rings is 1. The number of carbonyl (C=O) groups excluding carboxylic acids is 2. The molecule has 0 unspecified atom stereocenters. The fraction of sp³-hybridized carbons (Fsp3) is 0.520. The number of hydrogen-bond acceptors (Lipinski definition) is 6. The van der Waals surface area contributed by atoms with Crippen molar-refractivity contribution in [2.75, 3.05) is 32.1 Å². The van der Waals surface area contributed by atoms with E-state index in [-0.39, 0.29) is 11.8 Å². The van der Waals surface area contributed by atoms with E-state index in [0.717, 1.165) is 36.6 Å². The second-order valence-electron chi connectivity index (χ2n) is 9.24. The number of aromatic nitrogens is 2. The molecule has 176 valence electrons. The van der Waals surface area contributed by atoms with Crippen LogP contribution >= 0.6 is 0 Å². The summed E-state index contributed by atoms with van der Waals surface area (Å²) >= 11 is 0. The molecule has 8 heteroatoms. The van der Waals surface area contributed by atoms with Crippen LogP contribution in [-0.4, -0.2) is 53.4 Å². The molecular weight excluding hydrogens is 418 g/mol. The van der Waals surface area contributed by atoms with Crippen LogP contribution in [0.25, 0.3) is 0 Å². The van der Waals surface area contributed by atoms with Gasteiger partial charge in [0.25, 0.3) is 0 Å².